The van der Waals surface area contributed by atoms with E-state index in [9.17, 15) is 4.79 Å². The van der Waals surface area contributed by atoms with Crippen LogP contribution in [-0.4, -0.2) is 21.1 Å². The molecule has 1 aliphatic carbocycles. The van der Waals surface area contributed by atoms with Gasteiger partial charge in [0, 0.05) is 16.8 Å². The summed E-state index contributed by atoms with van der Waals surface area (Å²) in [5, 5.41) is 11.4. The number of aryl methyl sites for hydroxylation is 2. The zero-order valence-corrected chi connectivity index (χ0v) is 12.7. The summed E-state index contributed by atoms with van der Waals surface area (Å²) in [4.78, 5) is 15.5. The molecule has 0 saturated heterocycles. The van der Waals surface area contributed by atoms with Gasteiger partial charge in [-0.3, -0.25) is 9.89 Å². The van der Waals surface area contributed by atoms with Gasteiger partial charge in [0.15, 0.2) is 0 Å². The van der Waals surface area contributed by atoms with Crippen molar-refractivity contribution in [2.45, 2.75) is 26.7 Å². The van der Waals surface area contributed by atoms with E-state index in [0.717, 1.165) is 40.8 Å². The van der Waals surface area contributed by atoms with E-state index in [2.05, 4.69) is 26.6 Å². The van der Waals surface area contributed by atoms with E-state index in [1.54, 1.807) is 0 Å². The molecule has 1 amide bonds. The molecule has 0 aliphatic heterocycles. The maximum atomic E-state index is 12.1. The van der Waals surface area contributed by atoms with E-state index < -0.39 is 0 Å². The molecule has 0 spiro atoms. The van der Waals surface area contributed by atoms with Gasteiger partial charge in [0.1, 0.15) is 0 Å². The highest BCUT2D eigenvalue weighted by molar-refractivity contribution is 6.05. The number of H-pyrrole nitrogens is 2. The topological polar surface area (TPSA) is 73.6 Å². The first-order chi connectivity index (χ1) is 10.6. The average molecular weight is 294 g/mol. The number of aromatic amines is 2. The minimum atomic E-state index is -0.0377. The standard InChI is InChI=1S/C17H18N4O/c1-9(2)17(22)20-13-5-3-4-12-14(13)11-7-6-10-8-18-21-15(10)16(11)19-12/h3-5,8-9,19H,6-7H2,1-2H3,(H,18,21)(H,20,22). The summed E-state index contributed by atoms with van der Waals surface area (Å²) in [6, 6.07) is 5.99. The summed E-state index contributed by atoms with van der Waals surface area (Å²) >= 11 is 0. The molecule has 0 saturated carbocycles. The first kappa shape index (κ1) is 13.1. The molecule has 0 radical (unpaired) electrons. The summed E-state index contributed by atoms with van der Waals surface area (Å²) in [5.74, 6) is 0.00437. The zero-order valence-electron chi connectivity index (χ0n) is 12.7. The minimum Gasteiger partial charge on any atom is -0.353 e. The number of anilines is 1. The van der Waals surface area contributed by atoms with Crippen LogP contribution in [0.25, 0.3) is 22.3 Å². The number of nitrogens with one attached hydrogen (secondary N) is 3. The van der Waals surface area contributed by atoms with Gasteiger partial charge in [0.25, 0.3) is 0 Å². The molecular formula is C17H18N4O. The lowest BCUT2D eigenvalue weighted by molar-refractivity contribution is -0.118. The molecule has 1 aromatic carbocycles. The normalized spacial score (nSPS) is 13.2. The van der Waals surface area contributed by atoms with Crippen molar-refractivity contribution >= 4 is 22.5 Å². The Morgan fingerprint density at radius 1 is 1.27 bits per heavy atom. The number of amides is 1. The first-order valence-electron chi connectivity index (χ1n) is 7.62. The molecule has 2 aromatic heterocycles. The van der Waals surface area contributed by atoms with E-state index in [1.807, 2.05) is 32.2 Å². The Morgan fingerprint density at radius 3 is 2.95 bits per heavy atom. The molecule has 112 valence electrons. The lowest BCUT2D eigenvalue weighted by atomic mass is 9.93. The predicted octanol–water partition coefficient (Wildman–Crippen LogP) is 3.25. The summed E-state index contributed by atoms with van der Waals surface area (Å²) in [6.45, 7) is 3.80. The quantitative estimate of drug-likeness (QED) is 0.678. The summed E-state index contributed by atoms with van der Waals surface area (Å²) in [6.07, 6.45) is 3.82. The SMILES string of the molecule is CC(C)C(=O)Nc1cccc2[nH]c3c(c12)CCc1cn[nH]c1-3. The second-order valence-corrected chi connectivity index (χ2v) is 6.12. The maximum Gasteiger partial charge on any atom is 0.226 e. The summed E-state index contributed by atoms with van der Waals surface area (Å²) in [7, 11) is 0. The molecule has 4 rings (SSSR count). The van der Waals surface area contributed by atoms with Gasteiger partial charge in [-0.05, 0) is 36.1 Å². The van der Waals surface area contributed by atoms with Crippen LogP contribution in [0.5, 0.6) is 0 Å². The molecule has 5 heteroatoms. The number of carbonyl (C=O) groups is 1. The molecule has 5 nitrogen and oxygen atoms in total. The fourth-order valence-corrected chi connectivity index (χ4v) is 3.14. The Bertz CT molecular complexity index is 872. The number of hydrogen-bond acceptors (Lipinski definition) is 2. The third-order valence-electron chi connectivity index (χ3n) is 4.32. The van der Waals surface area contributed by atoms with Crippen LogP contribution in [0.1, 0.15) is 25.0 Å². The van der Waals surface area contributed by atoms with Crippen molar-refractivity contribution in [3.8, 4) is 11.4 Å². The van der Waals surface area contributed by atoms with Gasteiger partial charge in [0.05, 0.1) is 23.3 Å². The number of carbonyl (C=O) groups excluding carboxylic acids is 1. The molecule has 0 bridgehead atoms. The third-order valence-corrected chi connectivity index (χ3v) is 4.32. The van der Waals surface area contributed by atoms with Crippen molar-refractivity contribution in [2.75, 3.05) is 5.32 Å². The number of benzene rings is 1. The molecule has 3 N–H and O–H groups in total. The highest BCUT2D eigenvalue weighted by atomic mass is 16.1. The highest BCUT2D eigenvalue weighted by Crippen LogP contribution is 2.39. The molecule has 0 unspecified atom stereocenters. The van der Waals surface area contributed by atoms with Crippen molar-refractivity contribution in [1.29, 1.82) is 0 Å². The van der Waals surface area contributed by atoms with Crippen molar-refractivity contribution < 1.29 is 4.79 Å². The van der Waals surface area contributed by atoms with Crippen LogP contribution >= 0.6 is 0 Å². The van der Waals surface area contributed by atoms with Gasteiger partial charge >= 0.3 is 0 Å². The summed E-state index contributed by atoms with van der Waals surface area (Å²) < 4.78 is 0. The highest BCUT2D eigenvalue weighted by Gasteiger charge is 2.24. The molecule has 0 atom stereocenters. The van der Waals surface area contributed by atoms with Crippen LogP contribution < -0.4 is 5.32 Å². The molecule has 3 aromatic rings. The number of fused-ring (bicyclic) bond motifs is 5. The van der Waals surface area contributed by atoms with Crippen LogP contribution in [0.2, 0.25) is 0 Å². The van der Waals surface area contributed by atoms with E-state index in [4.69, 9.17) is 0 Å². The smallest absolute Gasteiger partial charge is 0.226 e. The second kappa shape index (κ2) is 4.73. The van der Waals surface area contributed by atoms with Crippen LogP contribution in [0.3, 0.4) is 0 Å². The van der Waals surface area contributed by atoms with Crippen LogP contribution in [0.4, 0.5) is 5.69 Å². The van der Waals surface area contributed by atoms with Crippen molar-refractivity contribution in [3.63, 3.8) is 0 Å². The minimum absolute atomic E-state index is 0.0377. The third kappa shape index (κ3) is 1.85. The van der Waals surface area contributed by atoms with Gasteiger partial charge in [-0.2, -0.15) is 5.10 Å². The molecule has 1 aliphatic rings. The number of aromatic nitrogens is 3. The number of hydrogen-bond donors (Lipinski definition) is 3. The number of nitrogens with zero attached hydrogens (tertiary/aromatic N) is 1. The van der Waals surface area contributed by atoms with Crippen molar-refractivity contribution in [3.05, 3.63) is 35.5 Å². The van der Waals surface area contributed by atoms with Gasteiger partial charge in [-0.1, -0.05) is 19.9 Å². The Balaban J connectivity index is 1.90. The fourth-order valence-electron chi connectivity index (χ4n) is 3.14. The van der Waals surface area contributed by atoms with Gasteiger partial charge in [-0.25, -0.2) is 0 Å². The lowest BCUT2D eigenvalue weighted by Crippen LogP contribution is -2.18. The molecule has 0 fully saturated rings. The average Bonchev–Trinajstić information content (AvgIpc) is 3.10. The molecule has 2 heterocycles. The lowest BCUT2D eigenvalue weighted by Gasteiger charge is -2.13. The monoisotopic (exact) mass is 294 g/mol. The molecular weight excluding hydrogens is 276 g/mol. The summed E-state index contributed by atoms with van der Waals surface area (Å²) in [5.41, 5.74) is 6.60. The first-order valence-corrected chi connectivity index (χ1v) is 7.62. The predicted molar refractivity (Wildman–Crippen MR) is 86.8 cm³/mol. The van der Waals surface area contributed by atoms with E-state index in [1.165, 1.54) is 11.1 Å². The number of rotatable bonds is 2. The molecule has 22 heavy (non-hydrogen) atoms. The van der Waals surface area contributed by atoms with E-state index in [0.29, 0.717) is 0 Å². The van der Waals surface area contributed by atoms with Crippen molar-refractivity contribution in [2.24, 2.45) is 5.92 Å². The van der Waals surface area contributed by atoms with Crippen molar-refractivity contribution in [1.82, 2.24) is 15.2 Å². The van der Waals surface area contributed by atoms with Gasteiger partial charge in [0.2, 0.25) is 5.91 Å². The Labute approximate surface area is 128 Å². The largest absolute Gasteiger partial charge is 0.353 e. The Hall–Kier alpha value is -2.56. The Kier molecular flexibility index (Phi) is 2.82. The van der Waals surface area contributed by atoms with E-state index >= 15 is 0 Å². The zero-order chi connectivity index (χ0) is 15.3. The van der Waals surface area contributed by atoms with Crippen LogP contribution in [0.15, 0.2) is 24.4 Å². The van der Waals surface area contributed by atoms with Crippen LogP contribution in [0, 0.1) is 5.92 Å². The second-order valence-electron chi connectivity index (χ2n) is 6.12. The van der Waals surface area contributed by atoms with Crippen LogP contribution in [-0.2, 0) is 17.6 Å². The fraction of sp³-hybridized carbons (Fsp3) is 0.294. The van der Waals surface area contributed by atoms with Gasteiger partial charge in [-0.15, -0.1) is 0 Å². The van der Waals surface area contributed by atoms with E-state index in [-0.39, 0.29) is 11.8 Å². The Morgan fingerprint density at radius 2 is 2.14 bits per heavy atom. The maximum absolute atomic E-state index is 12.1. The van der Waals surface area contributed by atoms with Gasteiger partial charge < -0.3 is 10.3 Å².